The Hall–Kier alpha value is -2.66. The van der Waals surface area contributed by atoms with Gasteiger partial charge in [-0.1, -0.05) is 48.5 Å². The molecular formula is C24H32N3O2+. The van der Waals surface area contributed by atoms with Gasteiger partial charge in [-0.25, -0.2) is 0 Å². The second-order valence-corrected chi connectivity index (χ2v) is 7.97. The summed E-state index contributed by atoms with van der Waals surface area (Å²) in [6.45, 7) is 7.02. The van der Waals surface area contributed by atoms with Crippen LogP contribution in [-0.4, -0.2) is 55.0 Å². The van der Waals surface area contributed by atoms with Gasteiger partial charge in [-0.15, -0.1) is 0 Å². The third-order valence-electron chi connectivity index (χ3n) is 5.82. The van der Waals surface area contributed by atoms with E-state index < -0.39 is 0 Å². The van der Waals surface area contributed by atoms with E-state index in [4.69, 9.17) is 0 Å². The summed E-state index contributed by atoms with van der Waals surface area (Å²) >= 11 is 0. The standard InChI is InChI=1S/C24H31N3O2/c1-19(13-14-21-9-5-3-6-10-21)25-23(28)20(2)26-15-17-27(18-16-26)24(29)22-11-7-4-8-12-22/h3-12,19-20H,13-18H2,1-2H3,(H,25,28)/p+1/t19-,20-/m0/s1. The van der Waals surface area contributed by atoms with Gasteiger partial charge >= 0.3 is 0 Å². The van der Waals surface area contributed by atoms with Crippen molar-refractivity contribution in [3.63, 3.8) is 0 Å². The van der Waals surface area contributed by atoms with Crippen molar-refractivity contribution in [2.24, 2.45) is 0 Å². The van der Waals surface area contributed by atoms with Crippen LogP contribution in [0.1, 0.15) is 36.2 Å². The molecule has 2 aromatic carbocycles. The summed E-state index contributed by atoms with van der Waals surface area (Å²) in [7, 11) is 0. The van der Waals surface area contributed by atoms with E-state index in [1.807, 2.05) is 60.4 Å². The number of quaternary nitrogens is 1. The van der Waals surface area contributed by atoms with Crippen molar-refractivity contribution >= 4 is 11.8 Å². The fraction of sp³-hybridized carbons (Fsp3) is 0.417. The van der Waals surface area contributed by atoms with Gasteiger partial charge in [0.15, 0.2) is 6.04 Å². The Morgan fingerprint density at radius 3 is 2.17 bits per heavy atom. The maximum absolute atomic E-state index is 12.7. The molecule has 2 amide bonds. The molecule has 1 saturated heterocycles. The van der Waals surface area contributed by atoms with Gasteiger partial charge in [-0.2, -0.15) is 0 Å². The van der Waals surface area contributed by atoms with E-state index in [1.165, 1.54) is 10.5 Å². The van der Waals surface area contributed by atoms with Gasteiger partial charge in [-0.05, 0) is 44.4 Å². The van der Waals surface area contributed by atoms with Crippen LogP contribution in [0.5, 0.6) is 0 Å². The van der Waals surface area contributed by atoms with Gasteiger partial charge < -0.3 is 15.1 Å². The molecule has 0 spiro atoms. The maximum Gasteiger partial charge on any atom is 0.278 e. The summed E-state index contributed by atoms with van der Waals surface area (Å²) in [6, 6.07) is 19.8. The topological polar surface area (TPSA) is 53.9 Å². The third-order valence-corrected chi connectivity index (χ3v) is 5.82. The molecule has 3 rings (SSSR count). The van der Waals surface area contributed by atoms with Crippen LogP contribution in [0.25, 0.3) is 0 Å². The van der Waals surface area contributed by atoms with Crippen molar-refractivity contribution in [1.29, 1.82) is 0 Å². The minimum atomic E-state index is -0.108. The fourth-order valence-corrected chi connectivity index (χ4v) is 3.85. The second kappa shape index (κ2) is 10.2. The van der Waals surface area contributed by atoms with Gasteiger partial charge in [0.25, 0.3) is 11.8 Å². The van der Waals surface area contributed by atoms with Crippen molar-refractivity contribution in [2.75, 3.05) is 26.2 Å². The molecule has 0 radical (unpaired) electrons. The number of nitrogens with zero attached hydrogens (tertiary/aromatic N) is 1. The predicted octanol–water partition coefficient (Wildman–Crippen LogP) is 1.55. The Morgan fingerprint density at radius 2 is 1.55 bits per heavy atom. The number of aryl methyl sites for hydroxylation is 1. The monoisotopic (exact) mass is 394 g/mol. The summed E-state index contributed by atoms with van der Waals surface area (Å²) in [4.78, 5) is 28.4. The third kappa shape index (κ3) is 5.91. The summed E-state index contributed by atoms with van der Waals surface area (Å²) in [5.41, 5.74) is 2.03. The average Bonchev–Trinajstić information content (AvgIpc) is 2.78. The van der Waals surface area contributed by atoms with Crippen LogP contribution in [0.15, 0.2) is 60.7 Å². The Morgan fingerprint density at radius 1 is 0.966 bits per heavy atom. The molecule has 5 heteroatoms. The van der Waals surface area contributed by atoms with Gasteiger partial charge in [0.1, 0.15) is 0 Å². The minimum absolute atomic E-state index is 0.0799. The first-order valence-corrected chi connectivity index (χ1v) is 10.6. The number of carbonyl (C=O) groups excluding carboxylic acids is 2. The van der Waals surface area contributed by atoms with Gasteiger partial charge in [-0.3, -0.25) is 9.59 Å². The fourth-order valence-electron chi connectivity index (χ4n) is 3.85. The molecule has 0 bridgehead atoms. The highest BCUT2D eigenvalue weighted by Gasteiger charge is 2.31. The number of rotatable bonds is 7. The van der Waals surface area contributed by atoms with E-state index in [2.05, 4.69) is 24.4 Å². The number of piperazine rings is 1. The summed E-state index contributed by atoms with van der Waals surface area (Å²) < 4.78 is 0. The quantitative estimate of drug-likeness (QED) is 0.749. The Labute approximate surface area is 173 Å². The average molecular weight is 395 g/mol. The molecule has 5 nitrogen and oxygen atoms in total. The second-order valence-electron chi connectivity index (χ2n) is 7.97. The number of hydrogen-bond donors (Lipinski definition) is 2. The lowest BCUT2D eigenvalue weighted by molar-refractivity contribution is -0.917. The van der Waals surface area contributed by atoms with E-state index in [0.29, 0.717) is 13.1 Å². The minimum Gasteiger partial charge on any atom is -0.348 e. The lowest BCUT2D eigenvalue weighted by atomic mass is 10.1. The van der Waals surface area contributed by atoms with Crippen LogP contribution in [-0.2, 0) is 11.2 Å². The van der Waals surface area contributed by atoms with E-state index in [9.17, 15) is 9.59 Å². The Balaban J connectivity index is 1.43. The lowest BCUT2D eigenvalue weighted by Gasteiger charge is -2.35. The SMILES string of the molecule is C[C@@H](CCc1ccccc1)NC(=O)[C@H](C)[NH+]1CCN(C(=O)c2ccccc2)CC1. The molecule has 0 aromatic heterocycles. The summed E-state index contributed by atoms with van der Waals surface area (Å²) in [6.07, 6.45) is 1.89. The predicted molar refractivity (Wildman–Crippen MR) is 115 cm³/mol. The van der Waals surface area contributed by atoms with Crippen LogP contribution in [0.4, 0.5) is 0 Å². The Kier molecular flexibility index (Phi) is 7.42. The Bertz CT molecular complexity index is 786. The first kappa shape index (κ1) is 21.1. The smallest absolute Gasteiger partial charge is 0.278 e. The van der Waals surface area contributed by atoms with Crippen LogP contribution < -0.4 is 10.2 Å². The van der Waals surface area contributed by atoms with Crippen molar-refractivity contribution in [3.8, 4) is 0 Å². The molecule has 1 aliphatic heterocycles. The van der Waals surface area contributed by atoms with Gasteiger partial charge in [0, 0.05) is 11.6 Å². The van der Waals surface area contributed by atoms with Crippen LogP contribution >= 0.6 is 0 Å². The zero-order valence-electron chi connectivity index (χ0n) is 17.4. The largest absolute Gasteiger partial charge is 0.348 e. The molecule has 1 aliphatic rings. The molecule has 0 unspecified atom stereocenters. The highest BCUT2D eigenvalue weighted by Crippen LogP contribution is 2.06. The van der Waals surface area contributed by atoms with Crippen molar-refractivity contribution in [3.05, 3.63) is 71.8 Å². The van der Waals surface area contributed by atoms with E-state index in [0.717, 1.165) is 31.5 Å². The van der Waals surface area contributed by atoms with Gasteiger partial charge in [0.2, 0.25) is 0 Å². The van der Waals surface area contributed by atoms with E-state index in [1.54, 1.807) is 0 Å². The number of amides is 2. The lowest BCUT2D eigenvalue weighted by Crippen LogP contribution is -3.19. The number of hydrogen-bond acceptors (Lipinski definition) is 2. The first-order chi connectivity index (χ1) is 14.0. The molecule has 154 valence electrons. The van der Waals surface area contributed by atoms with Crippen LogP contribution in [0, 0.1) is 0 Å². The summed E-state index contributed by atoms with van der Waals surface area (Å²) in [5.74, 6) is 0.180. The molecular weight excluding hydrogens is 362 g/mol. The normalized spacial score (nSPS) is 16.8. The number of carbonyl (C=O) groups is 2. The van der Waals surface area contributed by atoms with E-state index in [-0.39, 0.29) is 23.9 Å². The molecule has 29 heavy (non-hydrogen) atoms. The highest BCUT2D eigenvalue weighted by atomic mass is 16.2. The molecule has 2 N–H and O–H groups in total. The van der Waals surface area contributed by atoms with Crippen LogP contribution in [0.3, 0.4) is 0 Å². The summed E-state index contributed by atoms with van der Waals surface area (Å²) in [5, 5.41) is 3.17. The molecule has 1 heterocycles. The molecule has 2 atom stereocenters. The number of nitrogens with one attached hydrogen (secondary N) is 2. The first-order valence-electron chi connectivity index (χ1n) is 10.6. The van der Waals surface area contributed by atoms with Gasteiger partial charge in [0.05, 0.1) is 26.2 Å². The molecule has 0 aliphatic carbocycles. The van der Waals surface area contributed by atoms with Crippen molar-refractivity contribution in [2.45, 2.75) is 38.8 Å². The zero-order chi connectivity index (χ0) is 20.6. The molecule has 2 aromatic rings. The highest BCUT2D eigenvalue weighted by molar-refractivity contribution is 5.94. The molecule has 0 saturated carbocycles. The molecule has 1 fully saturated rings. The number of benzene rings is 2. The van der Waals surface area contributed by atoms with Crippen molar-refractivity contribution < 1.29 is 14.5 Å². The van der Waals surface area contributed by atoms with Crippen molar-refractivity contribution in [1.82, 2.24) is 10.2 Å². The maximum atomic E-state index is 12.7. The van der Waals surface area contributed by atoms with Crippen LogP contribution in [0.2, 0.25) is 0 Å². The zero-order valence-corrected chi connectivity index (χ0v) is 17.4. The van der Waals surface area contributed by atoms with E-state index >= 15 is 0 Å².